The second-order valence-corrected chi connectivity index (χ2v) is 5.19. The number of benzene rings is 1. The number of esters is 1. The number of rotatable bonds is 4. The van der Waals surface area contributed by atoms with Gasteiger partial charge in [0, 0.05) is 12.3 Å². The van der Waals surface area contributed by atoms with E-state index in [4.69, 9.17) is 4.74 Å². The molecule has 0 aliphatic heterocycles. The third-order valence-electron chi connectivity index (χ3n) is 3.64. The van der Waals surface area contributed by atoms with E-state index in [1.54, 1.807) is 18.6 Å². The largest absolute Gasteiger partial charge is 0.426 e. The Bertz CT molecular complexity index is 810. The van der Waals surface area contributed by atoms with Gasteiger partial charge in [0.25, 0.3) is 0 Å². The molecule has 0 aliphatic rings. The number of carbonyl (C=O) groups excluding carboxylic acids is 1. The van der Waals surface area contributed by atoms with Crippen LogP contribution >= 0.6 is 0 Å². The molecule has 5 nitrogen and oxygen atoms in total. The van der Waals surface area contributed by atoms with Crippen molar-refractivity contribution >= 4 is 17.1 Å². The number of hydrogen-bond acceptors (Lipinski definition) is 4. The van der Waals surface area contributed by atoms with Crippen LogP contribution in [0.3, 0.4) is 0 Å². The second-order valence-electron chi connectivity index (χ2n) is 5.19. The van der Waals surface area contributed by atoms with Crippen LogP contribution in [0.2, 0.25) is 0 Å². The predicted octanol–water partition coefficient (Wildman–Crippen LogP) is 3.37. The summed E-state index contributed by atoms with van der Waals surface area (Å²) in [7, 11) is 0. The maximum atomic E-state index is 11.9. The Kier molecular flexibility index (Phi) is 3.87. The number of aromatic nitrogens is 3. The Hall–Kier alpha value is -2.69. The molecule has 0 aliphatic carbocycles. The minimum atomic E-state index is -0.215. The van der Waals surface area contributed by atoms with Gasteiger partial charge in [-0.2, -0.15) is 0 Å². The van der Waals surface area contributed by atoms with Crippen LogP contribution in [0.25, 0.3) is 16.9 Å². The number of hydrogen-bond donors (Lipinski definition) is 0. The predicted molar refractivity (Wildman–Crippen MR) is 84.0 cm³/mol. The van der Waals surface area contributed by atoms with Crippen molar-refractivity contribution < 1.29 is 9.53 Å². The van der Waals surface area contributed by atoms with Gasteiger partial charge < -0.3 is 4.74 Å². The van der Waals surface area contributed by atoms with Crippen molar-refractivity contribution in [2.75, 3.05) is 0 Å². The minimum Gasteiger partial charge on any atom is -0.426 e. The molecular weight excluding hydrogens is 278 g/mol. The third-order valence-corrected chi connectivity index (χ3v) is 3.64. The minimum absolute atomic E-state index is 0.112. The number of nitrogens with zero attached hydrogens (tertiary/aromatic N) is 3. The van der Waals surface area contributed by atoms with Gasteiger partial charge in [-0.3, -0.25) is 9.36 Å². The molecule has 2 heterocycles. The van der Waals surface area contributed by atoms with Crippen molar-refractivity contribution in [1.29, 1.82) is 0 Å². The van der Waals surface area contributed by atoms with Crippen molar-refractivity contribution in [1.82, 2.24) is 14.5 Å². The molecule has 0 amide bonds. The number of carbonyl (C=O) groups is 1. The Labute approximate surface area is 128 Å². The smallest absolute Gasteiger partial charge is 0.314 e. The molecule has 2 aromatic heterocycles. The average molecular weight is 295 g/mol. The first kappa shape index (κ1) is 14.3. The molecule has 0 fully saturated rings. The van der Waals surface area contributed by atoms with E-state index in [1.807, 2.05) is 48.7 Å². The Balaban J connectivity index is 1.93. The van der Waals surface area contributed by atoms with E-state index in [9.17, 15) is 4.79 Å². The van der Waals surface area contributed by atoms with Gasteiger partial charge in [-0.25, -0.2) is 9.97 Å². The van der Waals surface area contributed by atoms with E-state index in [0.29, 0.717) is 5.75 Å². The van der Waals surface area contributed by atoms with E-state index in [1.165, 1.54) is 0 Å². The number of pyridine rings is 1. The Morgan fingerprint density at radius 2 is 2.14 bits per heavy atom. The number of imidazole rings is 1. The zero-order valence-corrected chi connectivity index (χ0v) is 12.6. The van der Waals surface area contributed by atoms with Crippen LogP contribution in [-0.4, -0.2) is 20.5 Å². The molecule has 112 valence electrons. The van der Waals surface area contributed by atoms with Crippen molar-refractivity contribution in [2.24, 2.45) is 5.92 Å². The van der Waals surface area contributed by atoms with E-state index < -0.39 is 0 Å². The van der Waals surface area contributed by atoms with Crippen LogP contribution in [0.4, 0.5) is 0 Å². The summed E-state index contributed by atoms with van der Waals surface area (Å²) >= 11 is 0. The van der Waals surface area contributed by atoms with E-state index in [0.717, 1.165) is 23.3 Å². The van der Waals surface area contributed by atoms with Crippen molar-refractivity contribution in [3.63, 3.8) is 0 Å². The molecular formula is C17H17N3O2. The second kappa shape index (κ2) is 5.97. The van der Waals surface area contributed by atoms with Crippen LogP contribution in [-0.2, 0) is 4.79 Å². The molecule has 3 aromatic rings. The van der Waals surface area contributed by atoms with Gasteiger partial charge >= 0.3 is 5.97 Å². The highest BCUT2D eigenvalue weighted by Crippen LogP contribution is 2.21. The number of fused-ring (bicyclic) bond motifs is 1. The Morgan fingerprint density at radius 3 is 2.95 bits per heavy atom. The fourth-order valence-corrected chi connectivity index (χ4v) is 2.12. The standard InChI is InChI=1S/C17H17N3O2/c1-3-12(2)17(21)22-14-7-4-6-13(10-14)20-11-19-15-8-5-9-18-16(15)20/h4-12H,3H2,1-2H3. The summed E-state index contributed by atoms with van der Waals surface area (Å²) in [6.07, 6.45) is 4.20. The van der Waals surface area contributed by atoms with Crippen LogP contribution in [0.5, 0.6) is 5.75 Å². The van der Waals surface area contributed by atoms with Gasteiger partial charge in [0.2, 0.25) is 0 Å². The molecule has 0 saturated carbocycles. The first-order valence-electron chi connectivity index (χ1n) is 7.29. The molecule has 0 bridgehead atoms. The zero-order valence-electron chi connectivity index (χ0n) is 12.6. The average Bonchev–Trinajstić information content (AvgIpc) is 2.98. The fourth-order valence-electron chi connectivity index (χ4n) is 2.12. The molecule has 0 spiro atoms. The van der Waals surface area contributed by atoms with Crippen molar-refractivity contribution in [3.05, 3.63) is 48.9 Å². The topological polar surface area (TPSA) is 57.0 Å². The molecule has 1 unspecified atom stereocenters. The van der Waals surface area contributed by atoms with E-state index in [-0.39, 0.29) is 11.9 Å². The van der Waals surface area contributed by atoms with Crippen molar-refractivity contribution in [2.45, 2.75) is 20.3 Å². The van der Waals surface area contributed by atoms with Crippen LogP contribution in [0.1, 0.15) is 20.3 Å². The summed E-state index contributed by atoms with van der Waals surface area (Å²) in [4.78, 5) is 20.6. The van der Waals surface area contributed by atoms with Crippen molar-refractivity contribution in [3.8, 4) is 11.4 Å². The van der Waals surface area contributed by atoms with Gasteiger partial charge in [0.1, 0.15) is 17.6 Å². The number of ether oxygens (including phenoxy) is 1. The van der Waals surface area contributed by atoms with Gasteiger partial charge in [-0.1, -0.05) is 19.9 Å². The van der Waals surface area contributed by atoms with Crippen LogP contribution in [0, 0.1) is 5.92 Å². The molecule has 1 aromatic carbocycles. The Morgan fingerprint density at radius 1 is 1.27 bits per heavy atom. The highest BCUT2D eigenvalue weighted by Gasteiger charge is 2.13. The summed E-state index contributed by atoms with van der Waals surface area (Å²) in [5, 5.41) is 0. The third kappa shape index (κ3) is 2.70. The van der Waals surface area contributed by atoms with Gasteiger partial charge in [0.05, 0.1) is 11.6 Å². The van der Waals surface area contributed by atoms with Crippen LogP contribution < -0.4 is 4.74 Å². The molecule has 0 radical (unpaired) electrons. The van der Waals surface area contributed by atoms with E-state index >= 15 is 0 Å². The lowest BCUT2D eigenvalue weighted by Gasteiger charge is -2.10. The summed E-state index contributed by atoms with van der Waals surface area (Å²) in [5.41, 5.74) is 2.45. The first-order valence-corrected chi connectivity index (χ1v) is 7.29. The molecule has 22 heavy (non-hydrogen) atoms. The quantitative estimate of drug-likeness (QED) is 0.547. The maximum Gasteiger partial charge on any atom is 0.314 e. The molecule has 1 atom stereocenters. The van der Waals surface area contributed by atoms with Gasteiger partial charge in [0.15, 0.2) is 5.65 Å². The maximum absolute atomic E-state index is 11.9. The van der Waals surface area contributed by atoms with Crippen LogP contribution in [0.15, 0.2) is 48.9 Å². The highest BCUT2D eigenvalue weighted by molar-refractivity contribution is 5.75. The molecule has 3 rings (SSSR count). The lowest BCUT2D eigenvalue weighted by Crippen LogP contribution is -2.17. The zero-order chi connectivity index (χ0) is 15.5. The first-order chi connectivity index (χ1) is 10.7. The molecule has 0 N–H and O–H groups in total. The summed E-state index contributed by atoms with van der Waals surface area (Å²) in [6.45, 7) is 3.82. The molecule has 5 heteroatoms. The molecule has 0 saturated heterocycles. The van der Waals surface area contributed by atoms with Gasteiger partial charge in [-0.05, 0) is 30.7 Å². The summed E-state index contributed by atoms with van der Waals surface area (Å²) in [6, 6.07) is 11.1. The van der Waals surface area contributed by atoms with E-state index in [2.05, 4.69) is 9.97 Å². The summed E-state index contributed by atoms with van der Waals surface area (Å²) in [5.74, 6) is 0.202. The summed E-state index contributed by atoms with van der Waals surface area (Å²) < 4.78 is 7.30. The SMILES string of the molecule is CCC(C)C(=O)Oc1cccc(-n2cnc3cccnc32)c1. The monoisotopic (exact) mass is 295 g/mol. The fraction of sp³-hybridized carbons (Fsp3) is 0.235. The lowest BCUT2D eigenvalue weighted by atomic mass is 10.1. The van der Waals surface area contributed by atoms with Gasteiger partial charge in [-0.15, -0.1) is 0 Å². The normalized spacial score (nSPS) is 12.3. The lowest BCUT2D eigenvalue weighted by molar-refractivity contribution is -0.138. The highest BCUT2D eigenvalue weighted by atomic mass is 16.5.